The molecule has 0 aliphatic heterocycles. The van der Waals surface area contributed by atoms with Crippen LogP contribution in [-0.4, -0.2) is 13.0 Å². The molecule has 0 fully saturated rings. The highest BCUT2D eigenvalue weighted by Crippen LogP contribution is 2.24. The topological polar surface area (TPSA) is 38.3 Å². The number of amides is 1. The van der Waals surface area contributed by atoms with Gasteiger partial charge >= 0.3 is 0 Å². The van der Waals surface area contributed by atoms with E-state index in [0.717, 1.165) is 17.5 Å². The standard InChI is InChI=1S/C22H23NO2/c1-3-20(19-14-13-16-9-7-8-12-18(16)15-19)23-22(24)21(25-2)17-10-5-4-6-11-17/h4-15,20-21H,3H2,1-2H3,(H,23,24)/t20-,21-/m0/s1. The van der Waals surface area contributed by atoms with Crippen LogP contribution in [0.15, 0.2) is 72.8 Å². The summed E-state index contributed by atoms with van der Waals surface area (Å²) in [5.74, 6) is -0.117. The van der Waals surface area contributed by atoms with Crippen LogP contribution in [0.5, 0.6) is 0 Å². The lowest BCUT2D eigenvalue weighted by Gasteiger charge is -2.22. The average molecular weight is 333 g/mol. The van der Waals surface area contributed by atoms with E-state index in [9.17, 15) is 4.79 Å². The maximum Gasteiger partial charge on any atom is 0.254 e. The second-order valence-electron chi connectivity index (χ2n) is 6.10. The van der Waals surface area contributed by atoms with Crippen molar-refractivity contribution < 1.29 is 9.53 Å². The molecule has 1 N–H and O–H groups in total. The van der Waals surface area contributed by atoms with Crippen LogP contribution in [0.25, 0.3) is 10.8 Å². The summed E-state index contributed by atoms with van der Waals surface area (Å²) in [4.78, 5) is 12.7. The van der Waals surface area contributed by atoms with Crippen LogP contribution in [0, 0.1) is 0 Å². The number of nitrogens with one attached hydrogen (secondary N) is 1. The number of carbonyl (C=O) groups excluding carboxylic acids is 1. The van der Waals surface area contributed by atoms with Crippen molar-refractivity contribution in [2.24, 2.45) is 0 Å². The van der Waals surface area contributed by atoms with Gasteiger partial charge in [0.2, 0.25) is 0 Å². The van der Waals surface area contributed by atoms with Gasteiger partial charge in [-0.05, 0) is 34.4 Å². The molecule has 1 amide bonds. The molecule has 0 radical (unpaired) electrons. The van der Waals surface area contributed by atoms with Crippen LogP contribution in [-0.2, 0) is 9.53 Å². The van der Waals surface area contributed by atoms with Crippen molar-refractivity contribution >= 4 is 16.7 Å². The Morgan fingerprint density at radius 3 is 2.28 bits per heavy atom. The van der Waals surface area contributed by atoms with Crippen LogP contribution >= 0.6 is 0 Å². The third kappa shape index (κ3) is 3.89. The summed E-state index contributed by atoms with van der Waals surface area (Å²) >= 11 is 0. The number of hydrogen-bond donors (Lipinski definition) is 1. The number of rotatable bonds is 6. The Labute approximate surface area is 148 Å². The predicted octanol–water partition coefficient (Wildman–Crippen LogP) is 4.79. The zero-order chi connectivity index (χ0) is 17.6. The first-order valence-electron chi connectivity index (χ1n) is 8.59. The number of benzene rings is 3. The van der Waals surface area contributed by atoms with E-state index >= 15 is 0 Å². The molecule has 128 valence electrons. The molecule has 25 heavy (non-hydrogen) atoms. The molecule has 0 bridgehead atoms. The van der Waals surface area contributed by atoms with Crippen LogP contribution < -0.4 is 5.32 Å². The highest BCUT2D eigenvalue weighted by atomic mass is 16.5. The predicted molar refractivity (Wildman–Crippen MR) is 101 cm³/mol. The van der Waals surface area contributed by atoms with Gasteiger partial charge in [-0.25, -0.2) is 0 Å². The summed E-state index contributed by atoms with van der Waals surface area (Å²) in [6.45, 7) is 2.07. The van der Waals surface area contributed by atoms with Crippen molar-refractivity contribution in [2.45, 2.75) is 25.5 Å². The van der Waals surface area contributed by atoms with Crippen molar-refractivity contribution in [2.75, 3.05) is 7.11 Å². The molecule has 0 aromatic heterocycles. The number of carbonyl (C=O) groups is 1. The highest BCUT2D eigenvalue weighted by Gasteiger charge is 2.22. The lowest BCUT2D eigenvalue weighted by molar-refractivity contribution is -0.132. The van der Waals surface area contributed by atoms with Crippen molar-refractivity contribution in [3.63, 3.8) is 0 Å². The second-order valence-corrected chi connectivity index (χ2v) is 6.10. The summed E-state index contributed by atoms with van der Waals surface area (Å²) in [6.07, 6.45) is 0.214. The summed E-state index contributed by atoms with van der Waals surface area (Å²) in [6, 6.07) is 24.1. The van der Waals surface area contributed by atoms with Crippen LogP contribution in [0.4, 0.5) is 0 Å². The van der Waals surface area contributed by atoms with Crippen LogP contribution in [0.3, 0.4) is 0 Å². The van der Waals surface area contributed by atoms with E-state index in [1.54, 1.807) is 7.11 Å². The van der Waals surface area contributed by atoms with Crippen molar-refractivity contribution in [3.05, 3.63) is 83.9 Å². The quantitative estimate of drug-likeness (QED) is 0.704. The van der Waals surface area contributed by atoms with Gasteiger partial charge in [-0.1, -0.05) is 73.7 Å². The number of hydrogen-bond acceptors (Lipinski definition) is 2. The number of methoxy groups -OCH3 is 1. The van der Waals surface area contributed by atoms with E-state index in [1.165, 1.54) is 10.8 Å². The molecular weight excluding hydrogens is 310 g/mol. The Balaban J connectivity index is 1.81. The summed E-state index contributed by atoms with van der Waals surface area (Å²) in [5.41, 5.74) is 1.97. The largest absolute Gasteiger partial charge is 0.367 e. The first kappa shape index (κ1) is 17.2. The number of fused-ring (bicyclic) bond motifs is 1. The van der Waals surface area contributed by atoms with Crippen LogP contribution in [0.2, 0.25) is 0 Å². The van der Waals surface area contributed by atoms with Crippen LogP contribution in [0.1, 0.15) is 36.6 Å². The normalized spacial score (nSPS) is 13.4. The summed E-state index contributed by atoms with van der Waals surface area (Å²) in [5, 5.41) is 5.51. The zero-order valence-electron chi connectivity index (χ0n) is 14.6. The van der Waals surface area contributed by atoms with E-state index in [2.05, 4.69) is 42.6 Å². The monoisotopic (exact) mass is 333 g/mol. The lowest BCUT2D eigenvalue weighted by atomic mass is 9.99. The van der Waals surface area contributed by atoms with Crippen molar-refractivity contribution in [1.82, 2.24) is 5.32 Å². The van der Waals surface area contributed by atoms with Gasteiger partial charge in [0.15, 0.2) is 6.10 Å². The minimum Gasteiger partial charge on any atom is -0.367 e. The fraction of sp³-hybridized carbons (Fsp3) is 0.227. The Kier molecular flexibility index (Phi) is 5.46. The fourth-order valence-electron chi connectivity index (χ4n) is 3.12. The van der Waals surface area contributed by atoms with Gasteiger partial charge in [-0.2, -0.15) is 0 Å². The van der Waals surface area contributed by atoms with Crippen molar-refractivity contribution in [1.29, 1.82) is 0 Å². The molecule has 3 nitrogen and oxygen atoms in total. The van der Waals surface area contributed by atoms with E-state index in [-0.39, 0.29) is 11.9 Å². The van der Waals surface area contributed by atoms with E-state index < -0.39 is 6.10 Å². The molecule has 0 saturated carbocycles. The van der Waals surface area contributed by atoms with Crippen molar-refractivity contribution in [3.8, 4) is 0 Å². The Morgan fingerprint density at radius 1 is 0.920 bits per heavy atom. The summed E-state index contributed by atoms with van der Waals surface area (Å²) in [7, 11) is 1.56. The molecule has 2 atom stereocenters. The molecule has 3 heteroatoms. The molecule has 0 heterocycles. The fourth-order valence-corrected chi connectivity index (χ4v) is 3.12. The number of ether oxygens (including phenoxy) is 1. The maximum atomic E-state index is 12.7. The molecule has 3 aromatic rings. The molecule has 0 saturated heterocycles. The van der Waals surface area contributed by atoms with Gasteiger partial charge in [0, 0.05) is 7.11 Å². The molecular formula is C22H23NO2. The Morgan fingerprint density at radius 2 is 1.60 bits per heavy atom. The molecule has 0 aliphatic carbocycles. The first-order valence-corrected chi connectivity index (χ1v) is 8.59. The van der Waals surface area contributed by atoms with Gasteiger partial charge in [-0.3, -0.25) is 4.79 Å². The maximum absolute atomic E-state index is 12.7. The second kappa shape index (κ2) is 7.95. The molecule has 0 unspecified atom stereocenters. The minimum absolute atomic E-state index is 0.0431. The SMILES string of the molecule is CC[C@H](NC(=O)[C@@H](OC)c1ccccc1)c1ccc2ccccc2c1. The third-order valence-electron chi connectivity index (χ3n) is 4.48. The zero-order valence-corrected chi connectivity index (χ0v) is 14.6. The van der Waals surface area contributed by atoms with Gasteiger partial charge in [0.25, 0.3) is 5.91 Å². The van der Waals surface area contributed by atoms with Gasteiger partial charge in [0.1, 0.15) is 0 Å². The van der Waals surface area contributed by atoms with Gasteiger partial charge in [0.05, 0.1) is 6.04 Å². The molecule has 3 aromatic carbocycles. The minimum atomic E-state index is -0.601. The lowest BCUT2D eigenvalue weighted by Crippen LogP contribution is -2.33. The third-order valence-corrected chi connectivity index (χ3v) is 4.48. The smallest absolute Gasteiger partial charge is 0.254 e. The molecule has 3 rings (SSSR count). The highest BCUT2D eigenvalue weighted by molar-refractivity contribution is 5.84. The average Bonchev–Trinajstić information content (AvgIpc) is 2.67. The van der Waals surface area contributed by atoms with Gasteiger partial charge in [-0.15, -0.1) is 0 Å². The Hall–Kier alpha value is -2.65. The molecule has 0 spiro atoms. The Bertz CT molecular complexity index is 845. The first-order chi connectivity index (χ1) is 12.2. The van der Waals surface area contributed by atoms with Gasteiger partial charge < -0.3 is 10.1 Å². The van der Waals surface area contributed by atoms with E-state index in [4.69, 9.17) is 4.74 Å². The van der Waals surface area contributed by atoms with E-state index in [1.807, 2.05) is 42.5 Å². The molecule has 0 aliphatic rings. The summed E-state index contributed by atoms with van der Waals surface area (Å²) < 4.78 is 5.44. The van der Waals surface area contributed by atoms with E-state index in [0.29, 0.717) is 0 Å².